The maximum absolute atomic E-state index is 13.5. The molecule has 0 fully saturated rings. The van der Waals surface area contributed by atoms with E-state index in [1.165, 1.54) is 4.90 Å². The Kier molecular flexibility index (Phi) is 6.28. The minimum Gasteiger partial charge on any atom is -0.494 e. The van der Waals surface area contributed by atoms with Gasteiger partial charge in [-0.05, 0) is 48.4 Å². The summed E-state index contributed by atoms with van der Waals surface area (Å²) in [7, 11) is 1.80. The maximum atomic E-state index is 13.5. The fraction of sp³-hybridized carbons (Fsp3) is 0.154. The molecule has 5 nitrogen and oxygen atoms in total. The number of nitrogens with zero attached hydrogens (tertiary/aromatic N) is 2. The van der Waals surface area contributed by atoms with Crippen LogP contribution in [0.1, 0.15) is 18.1 Å². The molecule has 0 aromatic heterocycles. The van der Waals surface area contributed by atoms with Gasteiger partial charge in [0.1, 0.15) is 11.4 Å². The Morgan fingerprint density at radius 1 is 0.875 bits per heavy atom. The lowest BCUT2D eigenvalue weighted by atomic mass is 10.0. The number of rotatable bonds is 7. The number of carbonyl (C=O) groups is 2. The Morgan fingerprint density at radius 2 is 1.53 bits per heavy atom. The normalized spacial score (nSPS) is 13.7. The summed E-state index contributed by atoms with van der Waals surface area (Å²) < 4.78 is 5.52. The zero-order chi connectivity index (χ0) is 22.7. The van der Waals surface area contributed by atoms with E-state index in [9.17, 15) is 9.59 Å². The van der Waals surface area contributed by atoms with Gasteiger partial charge in [0, 0.05) is 17.8 Å². The van der Waals surface area contributed by atoms with Crippen molar-refractivity contribution in [2.75, 3.05) is 18.6 Å². The van der Waals surface area contributed by atoms with Gasteiger partial charge in [0.15, 0.2) is 0 Å². The number of carbonyl (C=O) groups excluding carboxylic acids is 2. The van der Waals surface area contributed by atoms with Gasteiger partial charge in [0.2, 0.25) is 0 Å². The molecule has 32 heavy (non-hydrogen) atoms. The lowest BCUT2D eigenvalue weighted by Crippen LogP contribution is -2.33. The molecule has 0 saturated heterocycles. The second-order valence-corrected chi connectivity index (χ2v) is 7.77. The smallest absolute Gasteiger partial charge is 0.278 e. The molecule has 0 bridgehead atoms. The van der Waals surface area contributed by atoms with Crippen molar-refractivity contribution in [2.24, 2.45) is 0 Å². The van der Waals surface area contributed by atoms with Crippen LogP contribution in [-0.2, 0) is 16.1 Å². The molecule has 0 atom stereocenters. The van der Waals surface area contributed by atoms with Gasteiger partial charge >= 0.3 is 0 Å². The van der Waals surface area contributed by atoms with E-state index in [0.29, 0.717) is 39.8 Å². The topological polar surface area (TPSA) is 49.9 Å². The van der Waals surface area contributed by atoms with Crippen molar-refractivity contribution in [2.45, 2.75) is 13.5 Å². The molecule has 0 unspecified atom stereocenters. The van der Waals surface area contributed by atoms with Gasteiger partial charge in [0.05, 0.1) is 18.7 Å². The summed E-state index contributed by atoms with van der Waals surface area (Å²) in [6.07, 6.45) is 0. The first kappa shape index (κ1) is 21.7. The van der Waals surface area contributed by atoms with Crippen LogP contribution in [0.3, 0.4) is 0 Å². The van der Waals surface area contributed by atoms with Gasteiger partial charge in [-0.1, -0.05) is 60.1 Å². The average Bonchev–Trinajstić information content (AvgIpc) is 3.06. The van der Waals surface area contributed by atoms with E-state index in [1.54, 1.807) is 30.1 Å². The minimum absolute atomic E-state index is 0.101. The van der Waals surface area contributed by atoms with Gasteiger partial charge in [-0.25, -0.2) is 0 Å². The summed E-state index contributed by atoms with van der Waals surface area (Å²) in [6.45, 7) is 2.56. The number of halogens is 1. The molecule has 0 aliphatic carbocycles. The third kappa shape index (κ3) is 4.12. The van der Waals surface area contributed by atoms with E-state index in [-0.39, 0.29) is 18.4 Å². The number of likely N-dealkylation sites (N-methyl/N-ethyl adjacent to an activating group) is 1. The summed E-state index contributed by atoms with van der Waals surface area (Å²) in [5.74, 6) is 0.00141. The number of amides is 2. The highest BCUT2D eigenvalue weighted by Gasteiger charge is 2.41. The molecule has 3 aromatic carbocycles. The quantitative estimate of drug-likeness (QED) is 0.471. The standard InChI is InChI=1S/C26H23ClN2O3/c1-3-32-21-15-13-18(14-16-21)23-24(28(2)20-10-5-4-6-11-20)26(31)29(25(23)30)17-19-9-7-8-12-22(19)27/h4-16H,3,17H2,1-2H3. The van der Waals surface area contributed by atoms with Gasteiger partial charge < -0.3 is 9.64 Å². The van der Waals surface area contributed by atoms with Gasteiger partial charge in [-0.3, -0.25) is 14.5 Å². The Hall–Kier alpha value is -3.57. The zero-order valence-electron chi connectivity index (χ0n) is 17.9. The lowest BCUT2D eigenvalue weighted by Gasteiger charge is -2.21. The van der Waals surface area contributed by atoms with Crippen LogP contribution in [0, 0.1) is 0 Å². The van der Waals surface area contributed by atoms with E-state index in [0.717, 1.165) is 5.69 Å². The van der Waals surface area contributed by atoms with Crippen LogP contribution >= 0.6 is 11.6 Å². The van der Waals surface area contributed by atoms with Crippen molar-refractivity contribution in [3.8, 4) is 5.75 Å². The van der Waals surface area contributed by atoms with Crippen LogP contribution < -0.4 is 9.64 Å². The fourth-order valence-corrected chi connectivity index (χ4v) is 3.94. The van der Waals surface area contributed by atoms with Crippen molar-refractivity contribution >= 4 is 34.7 Å². The number of anilines is 1. The Labute approximate surface area is 192 Å². The van der Waals surface area contributed by atoms with Crippen LogP contribution in [0.4, 0.5) is 5.69 Å². The molecule has 6 heteroatoms. The molecule has 0 saturated carbocycles. The number of hydrogen-bond acceptors (Lipinski definition) is 4. The number of para-hydroxylation sites is 1. The predicted octanol–water partition coefficient (Wildman–Crippen LogP) is 5.16. The third-order valence-corrected chi connectivity index (χ3v) is 5.73. The van der Waals surface area contributed by atoms with E-state index in [2.05, 4.69) is 0 Å². The summed E-state index contributed by atoms with van der Waals surface area (Å²) in [4.78, 5) is 30.1. The molecule has 0 N–H and O–H groups in total. The average molecular weight is 447 g/mol. The molecule has 4 rings (SSSR count). The van der Waals surface area contributed by atoms with E-state index in [4.69, 9.17) is 16.3 Å². The Balaban J connectivity index is 1.78. The van der Waals surface area contributed by atoms with Crippen LogP contribution in [0.15, 0.2) is 84.6 Å². The first-order chi connectivity index (χ1) is 15.5. The van der Waals surface area contributed by atoms with E-state index >= 15 is 0 Å². The molecule has 1 heterocycles. The van der Waals surface area contributed by atoms with E-state index in [1.807, 2.05) is 67.6 Å². The number of benzene rings is 3. The highest BCUT2D eigenvalue weighted by Crippen LogP contribution is 2.35. The van der Waals surface area contributed by atoms with Crippen molar-refractivity contribution in [1.29, 1.82) is 0 Å². The van der Waals surface area contributed by atoms with Gasteiger partial charge in [-0.15, -0.1) is 0 Å². The number of imide groups is 1. The molecule has 0 spiro atoms. The van der Waals surface area contributed by atoms with Gasteiger partial charge in [-0.2, -0.15) is 0 Å². The first-order valence-electron chi connectivity index (χ1n) is 10.4. The molecule has 1 aliphatic heterocycles. The largest absolute Gasteiger partial charge is 0.494 e. The molecule has 3 aromatic rings. The highest BCUT2D eigenvalue weighted by atomic mass is 35.5. The molecule has 2 amide bonds. The second kappa shape index (κ2) is 9.28. The zero-order valence-corrected chi connectivity index (χ0v) is 18.7. The van der Waals surface area contributed by atoms with E-state index < -0.39 is 0 Å². The third-order valence-electron chi connectivity index (χ3n) is 5.36. The number of hydrogen-bond donors (Lipinski definition) is 0. The van der Waals surface area contributed by atoms with Crippen LogP contribution in [-0.4, -0.2) is 30.4 Å². The molecule has 1 aliphatic rings. The molecular weight excluding hydrogens is 424 g/mol. The minimum atomic E-state index is -0.356. The molecular formula is C26H23ClN2O3. The van der Waals surface area contributed by atoms with Crippen molar-refractivity contribution in [3.63, 3.8) is 0 Å². The highest BCUT2D eigenvalue weighted by molar-refractivity contribution is 6.37. The van der Waals surface area contributed by atoms with Crippen LogP contribution in [0.5, 0.6) is 5.75 Å². The first-order valence-corrected chi connectivity index (χ1v) is 10.7. The number of ether oxygens (including phenoxy) is 1. The lowest BCUT2D eigenvalue weighted by molar-refractivity contribution is -0.137. The Morgan fingerprint density at radius 3 is 2.19 bits per heavy atom. The summed E-state index contributed by atoms with van der Waals surface area (Å²) in [5, 5.41) is 0.514. The van der Waals surface area contributed by atoms with Crippen LogP contribution in [0.25, 0.3) is 5.57 Å². The summed E-state index contributed by atoms with van der Waals surface area (Å²) >= 11 is 6.31. The van der Waals surface area contributed by atoms with Gasteiger partial charge in [0.25, 0.3) is 11.8 Å². The van der Waals surface area contributed by atoms with Crippen molar-refractivity contribution in [3.05, 3.63) is 101 Å². The summed E-state index contributed by atoms with van der Waals surface area (Å²) in [6, 6.07) is 23.9. The van der Waals surface area contributed by atoms with Crippen molar-refractivity contribution in [1.82, 2.24) is 4.90 Å². The molecule has 162 valence electrons. The predicted molar refractivity (Wildman–Crippen MR) is 126 cm³/mol. The van der Waals surface area contributed by atoms with Crippen LogP contribution in [0.2, 0.25) is 5.02 Å². The Bertz CT molecular complexity index is 1170. The molecule has 0 radical (unpaired) electrons. The fourth-order valence-electron chi connectivity index (χ4n) is 3.74. The summed E-state index contributed by atoms with van der Waals surface area (Å²) in [5.41, 5.74) is 2.87. The van der Waals surface area contributed by atoms with Crippen molar-refractivity contribution < 1.29 is 14.3 Å². The monoisotopic (exact) mass is 446 g/mol. The maximum Gasteiger partial charge on any atom is 0.278 e. The second-order valence-electron chi connectivity index (χ2n) is 7.36. The SMILES string of the molecule is CCOc1ccc(C2=C(N(C)c3ccccc3)C(=O)N(Cc3ccccc3Cl)C2=O)cc1.